The topological polar surface area (TPSA) is 61.4 Å². The quantitative estimate of drug-likeness (QED) is 0.698. The number of halogens is 1. The number of benzene rings is 1. The molecule has 1 aromatic rings. The average Bonchev–Trinajstić information content (AvgIpc) is 2.35. The standard InChI is InChI=1S/C12H17ClN2O2/c1-8-4-3-5-10(12(17)14-2)11(8)15-7-9(16)6-13/h3-5,9,15-16H,6-7H2,1-2H3,(H,14,17). The highest BCUT2D eigenvalue weighted by molar-refractivity contribution is 6.18. The van der Waals surface area contributed by atoms with Gasteiger partial charge in [0.1, 0.15) is 0 Å². The molecule has 1 amide bonds. The van der Waals surface area contributed by atoms with Crippen molar-refractivity contribution in [2.24, 2.45) is 0 Å². The summed E-state index contributed by atoms with van der Waals surface area (Å²) in [4.78, 5) is 11.7. The van der Waals surface area contributed by atoms with E-state index in [4.69, 9.17) is 11.6 Å². The zero-order chi connectivity index (χ0) is 12.8. The van der Waals surface area contributed by atoms with Gasteiger partial charge < -0.3 is 15.7 Å². The van der Waals surface area contributed by atoms with Crippen LogP contribution in [0.1, 0.15) is 15.9 Å². The number of aryl methyl sites for hydroxylation is 1. The van der Waals surface area contributed by atoms with E-state index in [1.165, 1.54) is 0 Å². The van der Waals surface area contributed by atoms with Crippen LogP contribution >= 0.6 is 11.6 Å². The molecule has 0 radical (unpaired) electrons. The van der Waals surface area contributed by atoms with E-state index in [1.54, 1.807) is 13.1 Å². The number of aliphatic hydroxyl groups is 1. The highest BCUT2D eigenvalue weighted by Gasteiger charge is 2.12. The van der Waals surface area contributed by atoms with E-state index in [9.17, 15) is 9.90 Å². The molecule has 4 nitrogen and oxygen atoms in total. The zero-order valence-corrected chi connectivity index (χ0v) is 10.7. The number of carbonyl (C=O) groups is 1. The van der Waals surface area contributed by atoms with Gasteiger partial charge in [0.2, 0.25) is 0 Å². The molecule has 0 aliphatic carbocycles. The minimum absolute atomic E-state index is 0.156. The summed E-state index contributed by atoms with van der Waals surface area (Å²) in [5.41, 5.74) is 2.25. The average molecular weight is 257 g/mol. The largest absolute Gasteiger partial charge is 0.390 e. The molecule has 1 atom stereocenters. The lowest BCUT2D eigenvalue weighted by Crippen LogP contribution is -2.24. The smallest absolute Gasteiger partial charge is 0.253 e. The Labute approximate surface area is 106 Å². The predicted octanol–water partition coefficient (Wildman–Crippen LogP) is 1.37. The van der Waals surface area contributed by atoms with Crippen molar-refractivity contribution in [2.45, 2.75) is 13.0 Å². The van der Waals surface area contributed by atoms with Crippen LogP contribution in [0.3, 0.4) is 0 Å². The van der Waals surface area contributed by atoms with E-state index in [0.717, 1.165) is 11.3 Å². The molecule has 0 spiro atoms. The molecule has 0 aliphatic heterocycles. The van der Waals surface area contributed by atoms with Crippen LogP contribution in [0.25, 0.3) is 0 Å². The number of amides is 1. The fraction of sp³-hybridized carbons (Fsp3) is 0.417. The molecule has 0 fully saturated rings. The summed E-state index contributed by atoms with van der Waals surface area (Å²) in [7, 11) is 1.59. The fourth-order valence-corrected chi connectivity index (χ4v) is 1.61. The minimum atomic E-state index is -0.631. The van der Waals surface area contributed by atoms with Gasteiger partial charge in [-0.25, -0.2) is 0 Å². The summed E-state index contributed by atoms with van der Waals surface area (Å²) in [5.74, 6) is 0.00494. The maximum absolute atomic E-state index is 11.7. The third-order valence-corrected chi connectivity index (χ3v) is 2.79. The van der Waals surface area contributed by atoms with E-state index >= 15 is 0 Å². The first-order valence-electron chi connectivity index (χ1n) is 5.39. The van der Waals surface area contributed by atoms with Crippen molar-refractivity contribution < 1.29 is 9.90 Å². The predicted molar refractivity (Wildman–Crippen MR) is 69.8 cm³/mol. The van der Waals surface area contributed by atoms with Gasteiger partial charge in [0.15, 0.2) is 0 Å². The lowest BCUT2D eigenvalue weighted by molar-refractivity contribution is 0.0963. The van der Waals surface area contributed by atoms with Crippen LogP contribution in [-0.2, 0) is 0 Å². The van der Waals surface area contributed by atoms with Gasteiger partial charge in [-0.2, -0.15) is 0 Å². The van der Waals surface area contributed by atoms with Gasteiger partial charge in [-0.05, 0) is 18.6 Å². The number of para-hydroxylation sites is 1. The van der Waals surface area contributed by atoms with Crippen LogP contribution < -0.4 is 10.6 Å². The van der Waals surface area contributed by atoms with E-state index in [1.807, 2.05) is 19.1 Å². The molecule has 1 rings (SSSR count). The summed E-state index contributed by atoms with van der Waals surface area (Å²) in [5, 5.41) is 15.0. The van der Waals surface area contributed by atoms with Crippen LogP contribution in [0.15, 0.2) is 18.2 Å². The molecular formula is C12H17ClN2O2. The van der Waals surface area contributed by atoms with Gasteiger partial charge in [0, 0.05) is 19.3 Å². The molecule has 94 valence electrons. The van der Waals surface area contributed by atoms with Crippen LogP contribution in [0, 0.1) is 6.92 Å². The molecule has 1 unspecified atom stereocenters. The number of rotatable bonds is 5. The Morgan fingerprint density at radius 1 is 1.53 bits per heavy atom. The highest BCUT2D eigenvalue weighted by atomic mass is 35.5. The summed E-state index contributed by atoms with van der Waals surface area (Å²) in [6.07, 6.45) is -0.631. The SMILES string of the molecule is CNC(=O)c1cccc(C)c1NCC(O)CCl. The van der Waals surface area contributed by atoms with Crippen molar-refractivity contribution in [1.29, 1.82) is 0 Å². The van der Waals surface area contributed by atoms with Crippen molar-refractivity contribution >= 4 is 23.2 Å². The highest BCUT2D eigenvalue weighted by Crippen LogP contribution is 2.20. The molecule has 0 saturated carbocycles. The molecular weight excluding hydrogens is 240 g/mol. The zero-order valence-electron chi connectivity index (χ0n) is 9.96. The Bertz CT molecular complexity index is 396. The second-order valence-electron chi connectivity index (χ2n) is 3.77. The Morgan fingerprint density at radius 3 is 2.82 bits per heavy atom. The van der Waals surface area contributed by atoms with Crippen molar-refractivity contribution in [3.05, 3.63) is 29.3 Å². The van der Waals surface area contributed by atoms with Gasteiger partial charge in [-0.3, -0.25) is 4.79 Å². The summed E-state index contributed by atoms with van der Waals surface area (Å²) in [6.45, 7) is 2.22. The van der Waals surface area contributed by atoms with E-state index in [0.29, 0.717) is 12.1 Å². The number of hydrogen-bond acceptors (Lipinski definition) is 3. The maximum atomic E-state index is 11.7. The molecule has 0 aliphatic rings. The normalized spacial score (nSPS) is 12.0. The van der Waals surface area contributed by atoms with E-state index < -0.39 is 6.10 Å². The van der Waals surface area contributed by atoms with E-state index in [-0.39, 0.29) is 11.8 Å². The number of aliphatic hydroxyl groups excluding tert-OH is 1. The van der Waals surface area contributed by atoms with Gasteiger partial charge in [0.25, 0.3) is 5.91 Å². The molecule has 5 heteroatoms. The van der Waals surface area contributed by atoms with Crippen LogP contribution in [0.4, 0.5) is 5.69 Å². The van der Waals surface area contributed by atoms with Gasteiger partial charge >= 0.3 is 0 Å². The van der Waals surface area contributed by atoms with Crippen LogP contribution in [0.2, 0.25) is 0 Å². The number of hydrogen-bond donors (Lipinski definition) is 3. The third kappa shape index (κ3) is 3.61. The summed E-state index contributed by atoms with van der Waals surface area (Å²) < 4.78 is 0. The number of nitrogens with one attached hydrogen (secondary N) is 2. The van der Waals surface area contributed by atoms with Crippen molar-refractivity contribution in [3.63, 3.8) is 0 Å². The molecule has 3 N–H and O–H groups in total. The van der Waals surface area contributed by atoms with Crippen LogP contribution in [0.5, 0.6) is 0 Å². The molecule has 0 bridgehead atoms. The molecule has 17 heavy (non-hydrogen) atoms. The first kappa shape index (κ1) is 13.8. The second-order valence-corrected chi connectivity index (χ2v) is 4.07. The summed E-state index contributed by atoms with van der Waals surface area (Å²) in [6, 6.07) is 5.46. The van der Waals surface area contributed by atoms with Gasteiger partial charge in [-0.15, -0.1) is 11.6 Å². The summed E-state index contributed by atoms with van der Waals surface area (Å²) >= 11 is 5.52. The number of carbonyl (C=O) groups excluding carboxylic acids is 1. The molecule has 0 heterocycles. The van der Waals surface area contributed by atoms with Crippen molar-refractivity contribution in [3.8, 4) is 0 Å². The minimum Gasteiger partial charge on any atom is -0.390 e. The third-order valence-electron chi connectivity index (χ3n) is 2.44. The lowest BCUT2D eigenvalue weighted by Gasteiger charge is -2.15. The number of alkyl halides is 1. The Kier molecular flexibility index (Phi) is 5.25. The van der Waals surface area contributed by atoms with Gasteiger partial charge in [-0.1, -0.05) is 12.1 Å². The fourth-order valence-electron chi connectivity index (χ4n) is 1.50. The Hall–Kier alpha value is -1.26. The molecule has 0 saturated heterocycles. The molecule has 0 aromatic heterocycles. The van der Waals surface area contributed by atoms with Gasteiger partial charge in [0.05, 0.1) is 17.5 Å². The van der Waals surface area contributed by atoms with Crippen LogP contribution in [-0.4, -0.2) is 36.6 Å². The van der Waals surface area contributed by atoms with Crippen molar-refractivity contribution in [1.82, 2.24) is 5.32 Å². The maximum Gasteiger partial charge on any atom is 0.253 e. The van der Waals surface area contributed by atoms with Crippen molar-refractivity contribution in [2.75, 3.05) is 24.8 Å². The molecule has 1 aromatic carbocycles. The van der Waals surface area contributed by atoms with E-state index in [2.05, 4.69) is 10.6 Å². The number of anilines is 1. The first-order chi connectivity index (χ1) is 8.10. The Morgan fingerprint density at radius 2 is 2.24 bits per heavy atom. The second kappa shape index (κ2) is 6.47. The Balaban J connectivity index is 2.92. The lowest BCUT2D eigenvalue weighted by atomic mass is 10.1. The first-order valence-corrected chi connectivity index (χ1v) is 5.93. The monoisotopic (exact) mass is 256 g/mol.